The SMILES string of the molecule is CN(C)C(=O)C(=O)N(C)C(C)(C)c1nc(C(=O)CCc2ccc(F)cc2)c(O)c(=O)n1C. The molecule has 172 valence electrons. The number of amides is 2. The second-order valence-corrected chi connectivity index (χ2v) is 8.17. The Balaban J connectivity index is 2.41. The number of hydrogen-bond acceptors (Lipinski definition) is 6. The predicted octanol–water partition coefficient (Wildman–Crippen LogP) is 1.22. The lowest BCUT2D eigenvalue weighted by molar-refractivity contribution is -0.152. The number of carbonyl (C=O) groups excluding carboxylic acids is 3. The maximum atomic E-state index is 13.1. The van der Waals surface area contributed by atoms with Crippen LogP contribution in [0.25, 0.3) is 0 Å². The zero-order chi connectivity index (χ0) is 24.4. The Kier molecular flexibility index (Phi) is 7.17. The highest BCUT2D eigenvalue weighted by Crippen LogP contribution is 2.26. The van der Waals surface area contributed by atoms with E-state index in [1.165, 1.54) is 52.5 Å². The van der Waals surface area contributed by atoms with E-state index in [4.69, 9.17) is 0 Å². The molecule has 0 fully saturated rings. The first kappa shape index (κ1) is 24.7. The van der Waals surface area contributed by atoms with Crippen LogP contribution in [-0.2, 0) is 28.6 Å². The van der Waals surface area contributed by atoms with Crippen LogP contribution in [0.2, 0.25) is 0 Å². The summed E-state index contributed by atoms with van der Waals surface area (Å²) >= 11 is 0. The van der Waals surface area contributed by atoms with E-state index in [1.807, 2.05) is 0 Å². The van der Waals surface area contributed by atoms with Crippen LogP contribution in [0.3, 0.4) is 0 Å². The number of nitrogens with zero attached hydrogens (tertiary/aromatic N) is 4. The molecule has 0 unspecified atom stereocenters. The standard InChI is InChI=1S/C22H27FN4O5/c1-22(2,27(6)20(32)19(31)25(3)4)21-24-16(17(29)18(30)26(21)5)15(28)12-9-13-7-10-14(23)11-8-13/h7-8,10-11,29H,9,12H2,1-6H3. The molecular formula is C22H27FN4O5. The van der Waals surface area contributed by atoms with Crippen LogP contribution >= 0.6 is 0 Å². The summed E-state index contributed by atoms with van der Waals surface area (Å²) in [5, 5.41) is 10.3. The summed E-state index contributed by atoms with van der Waals surface area (Å²) in [5.41, 5.74) is -1.83. The van der Waals surface area contributed by atoms with Gasteiger partial charge in [0.15, 0.2) is 11.5 Å². The lowest BCUT2D eigenvalue weighted by Crippen LogP contribution is -2.51. The fourth-order valence-electron chi connectivity index (χ4n) is 3.10. The molecule has 0 bridgehead atoms. The van der Waals surface area contributed by atoms with Crippen molar-refractivity contribution in [3.63, 3.8) is 0 Å². The Morgan fingerprint density at radius 3 is 2.19 bits per heavy atom. The van der Waals surface area contributed by atoms with E-state index in [-0.39, 0.29) is 18.7 Å². The summed E-state index contributed by atoms with van der Waals surface area (Å²) in [4.78, 5) is 56.5. The minimum Gasteiger partial charge on any atom is -0.501 e. The minimum atomic E-state index is -1.27. The molecule has 0 aliphatic carbocycles. The van der Waals surface area contributed by atoms with Crippen molar-refractivity contribution >= 4 is 17.6 Å². The maximum absolute atomic E-state index is 13.1. The molecule has 2 aromatic rings. The van der Waals surface area contributed by atoms with Crippen molar-refractivity contribution < 1.29 is 23.9 Å². The van der Waals surface area contributed by atoms with Crippen LogP contribution in [0, 0.1) is 5.82 Å². The third kappa shape index (κ3) is 4.84. The molecule has 0 spiro atoms. The maximum Gasteiger partial charge on any atom is 0.312 e. The molecule has 1 heterocycles. The second kappa shape index (κ2) is 9.29. The highest BCUT2D eigenvalue weighted by atomic mass is 19.1. The molecule has 0 saturated heterocycles. The highest BCUT2D eigenvalue weighted by Gasteiger charge is 2.38. The summed E-state index contributed by atoms with van der Waals surface area (Å²) in [6.45, 7) is 3.14. The van der Waals surface area contributed by atoms with Gasteiger partial charge >= 0.3 is 11.8 Å². The van der Waals surface area contributed by atoms with Gasteiger partial charge in [0, 0.05) is 34.6 Å². The van der Waals surface area contributed by atoms with E-state index in [0.717, 1.165) is 14.4 Å². The van der Waals surface area contributed by atoms with E-state index in [9.17, 15) is 28.7 Å². The lowest BCUT2D eigenvalue weighted by atomic mass is 10.00. The van der Waals surface area contributed by atoms with E-state index >= 15 is 0 Å². The monoisotopic (exact) mass is 446 g/mol. The van der Waals surface area contributed by atoms with Gasteiger partial charge in [0.05, 0.1) is 5.54 Å². The van der Waals surface area contributed by atoms with E-state index < -0.39 is 46.0 Å². The molecule has 2 rings (SSSR count). The average molecular weight is 446 g/mol. The van der Waals surface area contributed by atoms with Crippen LogP contribution in [0.5, 0.6) is 5.75 Å². The normalized spacial score (nSPS) is 11.2. The van der Waals surface area contributed by atoms with Crippen molar-refractivity contribution in [1.82, 2.24) is 19.4 Å². The second-order valence-electron chi connectivity index (χ2n) is 8.17. The van der Waals surface area contributed by atoms with Gasteiger partial charge in [0.2, 0.25) is 5.75 Å². The zero-order valence-electron chi connectivity index (χ0n) is 19.0. The first-order chi connectivity index (χ1) is 14.8. The van der Waals surface area contributed by atoms with Crippen LogP contribution in [0.1, 0.15) is 42.1 Å². The molecule has 0 aliphatic heterocycles. The molecule has 1 aromatic heterocycles. The molecule has 0 saturated carbocycles. The number of ketones is 1. The zero-order valence-corrected chi connectivity index (χ0v) is 19.0. The van der Waals surface area contributed by atoms with Gasteiger partial charge in [-0.25, -0.2) is 9.37 Å². The molecule has 0 radical (unpaired) electrons. The van der Waals surface area contributed by atoms with E-state index in [1.54, 1.807) is 13.8 Å². The number of aryl methyl sites for hydroxylation is 1. The van der Waals surface area contributed by atoms with Gasteiger partial charge in [-0.3, -0.25) is 23.7 Å². The Hall–Kier alpha value is -3.56. The number of Topliss-reactive ketones (excluding diaryl/α,β-unsaturated/α-hetero) is 1. The molecule has 2 amide bonds. The quantitative estimate of drug-likeness (QED) is 0.527. The highest BCUT2D eigenvalue weighted by molar-refractivity contribution is 6.34. The van der Waals surface area contributed by atoms with Gasteiger partial charge in [0.25, 0.3) is 5.56 Å². The van der Waals surface area contributed by atoms with Gasteiger partial charge in [-0.05, 0) is 38.0 Å². The summed E-state index contributed by atoms with van der Waals surface area (Å²) in [6, 6.07) is 5.63. The van der Waals surface area contributed by atoms with Gasteiger partial charge in [-0.2, -0.15) is 0 Å². The first-order valence-corrected chi connectivity index (χ1v) is 9.86. The fourth-order valence-corrected chi connectivity index (χ4v) is 3.10. The molecule has 0 aliphatic rings. The van der Waals surface area contributed by atoms with Crippen LogP contribution in [-0.4, -0.2) is 63.2 Å². The third-order valence-electron chi connectivity index (χ3n) is 5.36. The number of likely N-dealkylation sites (N-methyl/N-ethyl adjacent to an activating group) is 2. The number of benzene rings is 1. The summed E-state index contributed by atoms with van der Waals surface area (Å²) < 4.78 is 14.1. The van der Waals surface area contributed by atoms with Crippen LogP contribution < -0.4 is 5.56 Å². The Labute approximate surface area is 185 Å². The number of rotatable bonds is 6. The van der Waals surface area contributed by atoms with Gasteiger partial charge in [0.1, 0.15) is 11.6 Å². The van der Waals surface area contributed by atoms with Crippen molar-refractivity contribution in [2.45, 2.75) is 32.2 Å². The Bertz CT molecular complexity index is 1110. The summed E-state index contributed by atoms with van der Waals surface area (Å²) in [7, 11) is 5.62. The van der Waals surface area contributed by atoms with E-state index in [0.29, 0.717) is 5.56 Å². The molecule has 10 heteroatoms. The fraction of sp³-hybridized carbons (Fsp3) is 0.409. The Morgan fingerprint density at radius 1 is 1.09 bits per heavy atom. The topological polar surface area (TPSA) is 113 Å². The number of hydrogen-bond donors (Lipinski definition) is 1. The molecule has 32 heavy (non-hydrogen) atoms. The molecule has 1 N–H and O–H groups in total. The predicted molar refractivity (Wildman–Crippen MR) is 115 cm³/mol. The van der Waals surface area contributed by atoms with Crippen molar-refractivity contribution in [1.29, 1.82) is 0 Å². The van der Waals surface area contributed by atoms with Gasteiger partial charge < -0.3 is 14.9 Å². The largest absolute Gasteiger partial charge is 0.501 e. The number of aromatic nitrogens is 2. The number of halogens is 1. The van der Waals surface area contributed by atoms with Gasteiger partial charge in [-0.15, -0.1) is 0 Å². The lowest BCUT2D eigenvalue weighted by Gasteiger charge is -2.36. The van der Waals surface area contributed by atoms with Crippen molar-refractivity contribution in [3.05, 3.63) is 57.5 Å². The smallest absolute Gasteiger partial charge is 0.312 e. The summed E-state index contributed by atoms with van der Waals surface area (Å²) in [5.74, 6) is -3.35. The van der Waals surface area contributed by atoms with Crippen molar-refractivity contribution in [2.24, 2.45) is 7.05 Å². The number of carbonyl (C=O) groups is 3. The molecule has 1 aromatic carbocycles. The first-order valence-electron chi connectivity index (χ1n) is 9.86. The third-order valence-corrected chi connectivity index (χ3v) is 5.36. The minimum absolute atomic E-state index is 0.0211. The Morgan fingerprint density at radius 2 is 1.66 bits per heavy atom. The number of aromatic hydroxyl groups is 1. The van der Waals surface area contributed by atoms with Gasteiger partial charge in [-0.1, -0.05) is 12.1 Å². The van der Waals surface area contributed by atoms with E-state index in [2.05, 4.69) is 4.98 Å². The molecular weight excluding hydrogens is 419 g/mol. The molecule has 0 atom stereocenters. The molecule has 9 nitrogen and oxygen atoms in total. The summed E-state index contributed by atoms with van der Waals surface area (Å²) in [6.07, 6.45) is 0.178. The van der Waals surface area contributed by atoms with Crippen molar-refractivity contribution in [3.8, 4) is 5.75 Å². The van der Waals surface area contributed by atoms with Crippen LogP contribution in [0.4, 0.5) is 4.39 Å². The van der Waals surface area contributed by atoms with Crippen molar-refractivity contribution in [2.75, 3.05) is 21.1 Å². The average Bonchev–Trinajstić information content (AvgIpc) is 2.75. The van der Waals surface area contributed by atoms with Crippen LogP contribution in [0.15, 0.2) is 29.1 Å².